The van der Waals surface area contributed by atoms with Crippen LogP contribution in [0.5, 0.6) is 0 Å². The van der Waals surface area contributed by atoms with Crippen molar-refractivity contribution in [2.45, 2.75) is 26.4 Å². The van der Waals surface area contributed by atoms with Gasteiger partial charge in [0, 0.05) is 18.7 Å². The van der Waals surface area contributed by atoms with Crippen LogP contribution in [-0.2, 0) is 19.5 Å². The van der Waals surface area contributed by atoms with E-state index in [1.807, 2.05) is 12.1 Å². The molecule has 2 N–H and O–H groups in total. The fraction of sp³-hybridized carbons (Fsp3) is 0.286. The number of hydrogen-bond acceptors (Lipinski definition) is 3. The minimum Gasteiger partial charge on any atom is -0.307 e. The SMILES string of the molecule is CCc1ccc(-c2nc3c(c(=O)[nH]2)CNC3)cc1. The highest BCUT2D eigenvalue weighted by molar-refractivity contribution is 5.55. The molecule has 0 unspecified atom stereocenters. The van der Waals surface area contributed by atoms with E-state index in [0.29, 0.717) is 18.9 Å². The zero-order valence-electron chi connectivity index (χ0n) is 10.3. The van der Waals surface area contributed by atoms with Crippen LogP contribution in [0.4, 0.5) is 0 Å². The normalized spacial score (nSPS) is 13.6. The lowest BCUT2D eigenvalue weighted by Crippen LogP contribution is -2.15. The Labute approximate surface area is 105 Å². The van der Waals surface area contributed by atoms with Gasteiger partial charge in [-0.1, -0.05) is 31.2 Å². The largest absolute Gasteiger partial charge is 0.307 e. The quantitative estimate of drug-likeness (QED) is 0.839. The van der Waals surface area contributed by atoms with Gasteiger partial charge in [0.25, 0.3) is 5.56 Å². The first-order valence-corrected chi connectivity index (χ1v) is 6.20. The van der Waals surface area contributed by atoms with Gasteiger partial charge in [-0.2, -0.15) is 0 Å². The van der Waals surface area contributed by atoms with Gasteiger partial charge in [-0.15, -0.1) is 0 Å². The van der Waals surface area contributed by atoms with Crippen LogP contribution in [-0.4, -0.2) is 9.97 Å². The van der Waals surface area contributed by atoms with Crippen molar-refractivity contribution in [3.05, 3.63) is 51.4 Å². The summed E-state index contributed by atoms with van der Waals surface area (Å²) < 4.78 is 0. The number of H-pyrrole nitrogens is 1. The fourth-order valence-electron chi connectivity index (χ4n) is 2.21. The average molecular weight is 241 g/mol. The number of aromatic nitrogens is 2. The van der Waals surface area contributed by atoms with Crippen molar-refractivity contribution in [1.82, 2.24) is 15.3 Å². The third-order valence-corrected chi connectivity index (χ3v) is 3.33. The molecule has 1 aliphatic heterocycles. The van der Waals surface area contributed by atoms with E-state index < -0.39 is 0 Å². The molecule has 0 atom stereocenters. The summed E-state index contributed by atoms with van der Waals surface area (Å²) in [6.07, 6.45) is 1.01. The first-order chi connectivity index (χ1) is 8.78. The van der Waals surface area contributed by atoms with Crippen LogP contribution < -0.4 is 10.9 Å². The minimum atomic E-state index is -0.0282. The van der Waals surface area contributed by atoms with E-state index in [1.165, 1.54) is 5.56 Å². The van der Waals surface area contributed by atoms with Crippen molar-refractivity contribution >= 4 is 0 Å². The molecule has 0 bridgehead atoms. The molecule has 0 aliphatic carbocycles. The number of fused-ring (bicyclic) bond motifs is 1. The smallest absolute Gasteiger partial charge is 0.255 e. The summed E-state index contributed by atoms with van der Waals surface area (Å²) in [7, 11) is 0. The van der Waals surface area contributed by atoms with E-state index in [0.717, 1.165) is 23.2 Å². The molecular weight excluding hydrogens is 226 g/mol. The van der Waals surface area contributed by atoms with Crippen molar-refractivity contribution in [2.24, 2.45) is 0 Å². The van der Waals surface area contributed by atoms with Gasteiger partial charge in [0.2, 0.25) is 0 Å². The standard InChI is InChI=1S/C14H15N3O/c1-2-9-3-5-10(6-4-9)13-16-12-8-15-7-11(12)14(18)17-13/h3-6,15H,2,7-8H2,1H3,(H,16,17,18). The Morgan fingerprint density at radius 3 is 2.72 bits per heavy atom. The Kier molecular flexibility index (Phi) is 2.72. The van der Waals surface area contributed by atoms with Crippen LogP contribution in [0.3, 0.4) is 0 Å². The summed E-state index contributed by atoms with van der Waals surface area (Å²) in [6, 6.07) is 8.15. The average Bonchev–Trinajstić information content (AvgIpc) is 2.88. The number of aryl methyl sites for hydroxylation is 1. The molecule has 4 heteroatoms. The lowest BCUT2D eigenvalue weighted by Gasteiger charge is -2.04. The van der Waals surface area contributed by atoms with Crippen LogP contribution in [0.1, 0.15) is 23.7 Å². The summed E-state index contributed by atoms with van der Waals surface area (Å²) in [6.45, 7) is 3.42. The molecule has 4 nitrogen and oxygen atoms in total. The second-order valence-corrected chi connectivity index (χ2v) is 4.49. The van der Waals surface area contributed by atoms with Gasteiger partial charge >= 0.3 is 0 Å². The molecule has 0 radical (unpaired) electrons. The second kappa shape index (κ2) is 4.38. The van der Waals surface area contributed by atoms with Crippen LogP contribution >= 0.6 is 0 Å². The van der Waals surface area contributed by atoms with E-state index in [9.17, 15) is 4.79 Å². The van der Waals surface area contributed by atoms with Crippen LogP contribution in [0.2, 0.25) is 0 Å². The van der Waals surface area contributed by atoms with Gasteiger partial charge in [0.1, 0.15) is 5.82 Å². The third kappa shape index (κ3) is 1.84. The van der Waals surface area contributed by atoms with Crippen LogP contribution in [0.15, 0.2) is 29.1 Å². The fourth-order valence-corrected chi connectivity index (χ4v) is 2.21. The van der Waals surface area contributed by atoms with Crippen molar-refractivity contribution < 1.29 is 0 Å². The molecule has 0 spiro atoms. The molecule has 18 heavy (non-hydrogen) atoms. The molecule has 0 fully saturated rings. The van der Waals surface area contributed by atoms with Gasteiger partial charge in [0.15, 0.2) is 0 Å². The van der Waals surface area contributed by atoms with Gasteiger partial charge in [-0.05, 0) is 12.0 Å². The van der Waals surface area contributed by atoms with Gasteiger partial charge in [-0.25, -0.2) is 4.98 Å². The lowest BCUT2D eigenvalue weighted by molar-refractivity contribution is 0.757. The number of nitrogens with zero attached hydrogens (tertiary/aromatic N) is 1. The number of rotatable bonds is 2. The molecule has 0 saturated carbocycles. The molecule has 2 aromatic rings. The molecule has 92 valence electrons. The maximum atomic E-state index is 11.9. The Morgan fingerprint density at radius 1 is 1.22 bits per heavy atom. The molecule has 0 saturated heterocycles. The molecule has 2 heterocycles. The maximum absolute atomic E-state index is 11.9. The molecule has 1 aromatic carbocycles. The van der Waals surface area contributed by atoms with Crippen molar-refractivity contribution in [2.75, 3.05) is 0 Å². The van der Waals surface area contributed by atoms with Crippen molar-refractivity contribution in [3.8, 4) is 11.4 Å². The zero-order chi connectivity index (χ0) is 12.5. The number of hydrogen-bond donors (Lipinski definition) is 2. The third-order valence-electron chi connectivity index (χ3n) is 3.33. The second-order valence-electron chi connectivity index (χ2n) is 4.49. The van der Waals surface area contributed by atoms with E-state index in [4.69, 9.17) is 0 Å². The summed E-state index contributed by atoms with van der Waals surface area (Å²) >= 11 is 0. The summed E-state index contributed by atoms with van der Waals surface area (Å²) in [5, 5.41) is 3.14. The van der Waals surface area contributed by atoms with Gasteiger partial charge in [0.05, 0.1) is 11.3 Å². The Bertz CT molecular complexity index is 628. The topological polar surface area (TPSA) is 57.8 Å². The Morgan fingerprint density at radius 2 is 2.00 bits per heavy atom. The van der Waals surface area contributed by atoms with E-state index in [2.05, 4.69) is 34.3 Å². The maximum Gasteiger partial charge on any atom is 0.255 e. The molecular formula is C14H15N3O. The highest BCUT2D eigenvalue weighted by atomic mass is 16.1. The number of aromatic amines is 1. The van der Waals surface area contributed by atoms with Crippen LogP contribution in [0, 0.1) is 0 Å². The number of nitrogens with one attached hydrogen (secondary N) is 2. The van der Waals surface area contributed by atoms with Crippen molar-refractivity contribution in [1.29, 1.82) is 0 Å². The molecule has 1 aliphatic rings. The highest BCUT2D eigenvalue weighted by Gasteiger charge is 2.16. The predicted molar refractivity (Wildman–Crippen MR) is 70.2 cm³/mol. The van der Waals surface area contributed by atoms with Gasteiger partial charge < -0.3 is 10.3 Å². The monoisotopic (exact) mass is 241 g/mol. The highest BCUT2D eigenvalue weighted by Crippen LogP contribution is 2.17. The summed E-state index contributed by atoms with van der Waals surface area (Å²) in [4.78, 5) is 19.3. The molecule has 0 amide bonds. The van der Waals surface area contributed by atoms with E-state index >= 15 is 0 Å². The minimum absolute atomic E-state index is 0.0282. The van der Waals surface area contributed by atoms with Crippen LogP contribution in [0.25, 0.3) is 11.4 Å². The predicted octanol–water partition coefficient (Wildman–Crippen LogP) is 1.60. The summed E-state index contributed by atoms with van der Waals surface area (Å²) in [5.74, 6) is 0.658. The van der Waals surface area contributed by atoms with Crippen molar-refractivity contribution in [3.63, 3.8) is 0 Å². The Hall–Kier alpha value is -1.94. The molecule has 3 rings (SSSR count). The summed E-state index contributed by atoms with van der Waals surface area (Å²) in [5.41, 5.74) is 3.85. The molecule has 1 aromatic heterocycles. The lowest BCUT2D eigenvalue weighted by atomic mass is 10.1. The number of benzene rings is 1. The Balaban J connectivity index is 2.06. The first-order valence-electron chi connectivity index (χ1n) is 6.20. The zero-order valence-corrected chi connectivity index (χ0v) is 10.3. The van der Waals surface area contributed by atoms with E-state index in [1.54, 1.807) is 0 Å². The first kappa shape index (κ1) is 11.2. The van der Waals surface area contributed by atoms with Gasteiger partial charge in [-0.3, -0.25) is 4.79 Å². The van der Waals surface area contributed by atoms with E-state index in [-0.39, 0.29) is 5.56 Å².